The van der Waals surface area contributed by atoms with Crippen molar-refractivity contribution in [1.82, 2.24) is 15.1 Å². The fraction of sp³-hybridized carbons (Fsp3) is 0.391. The zero-order chi connectivity index (χ0) is 22.0. The smallest absolute Gasteiger partial charge is 0.411 e. The third-order valence-corrected chi connectivity index (χ3v) is 6.62. The number of nitrogens with zero attached hydrogens (tertiary/aromatic N) is 2. The zero-order valence-corrected chi connectivity index (χ0v) is 18.8. The minimum absolute atomic E-state index is 0.0488. The van der Waals surface area contributed by atoms with Crippen molar-refractivity contribution in [3.63, 3.8) is 0 Å². The molecule has 2 saturated heterocycles. The molecule has 31 heavy (non-hydrogen) atoms. The van der Waals surface area contributed by atoms with Crippen LogP contribution in [0.25, 0.3) is 0 Å². The van der Waals surface area contributed by atoms with E-state index in [1.807, 2.05) is 42.2 Å². The Morgan fingerprint density at radius 1 is 1.13 bits per heavy atom. The molecule has 1 N–H and O–H groups in total. The van der Waals surface area contributed by atoms with Crippen molar-refractivity contribution in [2.45, 2.75) is 44.5 Å². The van der Waals surface area contributed by atoms with E-state index in [-0.39, 0.29) is 30.3 Å². The van der Waals surface area contributed by atoms with Crippen molar-refractivity contribution >= 4 is 35.3 Å². The second-order valence-electron chi connectivity index (χ2n) is 7.98. The average molecular weight is 462 g/mol. The third-order valence-electron chi connectivity index (χ3n) is 6.03. The summed E-state index contributed by atoms with van der Waals surface area (Å²) in [5, 5.41) is 4.00. The predicted octanol–water partition coefficient (Wildman–Crippen LogP) is 5.25. The summed E-state index contributed by atoms with van der Waals surface area (Å²) in [7, 11) is 0. The van der Waals surface area contributed by atoms with Crippen molar-refractivity contribution in [3.8, 4) is 0 Å². The lowest BCUT2D eigenvalue weighted by molar-refractivity contribution is 0.113. The molecule has 0 aromatic heterocycles. The summed E-state index contributed by atoms with van der Waals surface area (Å²) < 4.78 is 5.68. The van der Waals surface area contributed by atoms with E-state index in [1.165, 1.54) is 0 Å². The van der Waals surface area contributed by atoms with Gasteiger partial charge in [-0.15, -0.1) is 0 Å². The summed E-state index contributed by atoms with van der Waals surface area (Å²) in [6, 6.07) is 14.9. The Labute approximate surface area is 192 Å². The highest BCUT2D eigenvalue weighted by atomic mass is 35.5. The molecule has 2 aromatic carbocycles. The number of ether oxygens (including phenoxy) is 1. The first-order chi connectivity index (χ1) is 14.9. The Morgan fingerprint density at radius 2 is 1.84 bits per heavy atom. The highest BCUT2D eigenvalue weighted by Gasteiger charge is 2.44. The molecule has 8 heteroatoms. The molecule has 0 radical (unpaired) electrons. The number of amides is 3. The van der Waals surface area contributed by atoms with Gasteiger partial charge in [0.05, 0.1) is 6.04 Å². The molecular weight excluding hydrogens is 437 g/mol. The summed E-state index contributed by atoms with van der Waals surface area (Å²) in [5.74, 6) is 0. The number of rotatable bonds is 4. The predicted molar refractivity (Wildman–Crippen MR) is 120 cm³/mol. The van der Waals surface area contributed by atoms with Crippen LogP contribution < -0.4 is 5.32 Å². The van der Waals surface area contributed by atoms with E-state index >= 15 is 0 Å². The van der Waals surface area contributed by atoms with Gasteiger partial charge in [0.15, 0.2) is 0 Å². The maximum atomic E-state index is 12.6. The number of cyclic esters (lactones) is 1. The van der Waals surface area contributed by atoms with Crippen molar-refractivity contribution in [2.75, 3.05) is 13.1 Å². The van der Waals surface area contributed by atoms with E-state index < -0.39 is 0 Å². The van der Waals surface area contributed by atoms with Gasteiger partial charge in [-0.3, -0.25) is 4.90 Å². The van der Waals surface area contributed by atoms with Crippen molar-refractivity contribution in [2.24, 2.45) is 0 Å². The molecule has 2 fully saturated rings. The number of piperidine rings is 1. The Hall–Kier alpha value is -2.44. The zero-order valence-electron chi connectivity index (χ0n) is 17.3. The van der Waals surface area contributed by atoms with Crippen molar-refractivity contribution < 1.29 is 14.3 Å². The van der Waals surface area contributed by atoms with Crippen LogP contribution in [0.15, 0.2) is 48.5 Å². The number of urea groups is 1. The normalized spacial score (nSPS) is 21.8. The maximum Gasteiger partial charge on any atom is 0.411 e. The standard InChI is InChI=1S/C23H25Cl2N3O3/c1-15-21(16-5-3-2-4-6-16)31-23(30)28(15)19-9-11-27(12-10-19)22(29)26-14-17-7-8-18(24)13-20(17)25/h2-8,13,15,19,21H,9-12,14H2,1H3,(H,26,29)/t15-,21-/m1/s1. The van der Waals surface area contributed by atoms with Gasteiger partial charge in [-0.1, -0.05) is 59.6 Å². The lowest BCUT2D eigenvalue weighted by atomic mass is 9.98. The van der Waals surface area contributed by atoms with Gasteiger partial charge in [-0.25, -0.2) is 9.59 Å². The van der Waals surface area contributed by atoms with Crippen LogP contribution in [0.2, 0.25) is 10.0 Å². The minimum Gasteiger partial charge on any atom is -0.439 e. The molecule has 0 saturated carbocycles. The Balaban J connectivity index is 1.31. The first-order valence-electron chi connectivity index (χ1n) is 10.4. The van der Waals surface area contributed by atoms with E-state index in [9.17, 15) is 9.59 Å². The first-order valence-corrected chi connectivity index (χ1v) is 11.2. The molecule has 0 unspecified atom stereocenters. The van der Waals surface area contributed by atoms with Crippen LogP contribution in [0.5, 0.6) is 0 Å². The quantitative estimate of drug-likeness (QED) is 0.675. The van der Waals surface area contributed by atoms with Crippen LogP contribution in [0.3, 0.4) is 0 Å². The van der Waals surface area contributed by atoms with Gasteiger partial charge in [0.1, 0.15) is 6.10 Å². The van der Waals surface area contributed by atoms with Gasteiger partial charge < -0.3 is 15.0 Å². The molecule has 0 bridgehead atoms. The molecule has 2 aliphatic rings. The third kappa shape index (κ3) is 4.75. The summed E-state index contributed by atoms with van der Waals surface area (Å²) in [6.45, 7) is 3.52. The van der Waals surface area contributed by atoms with Crippen LogP contribution in [0.4, 0.5) is 9.59 Å². The lowest BCUT2D eigenvalue weighted by Gasteiger charge is -2.37. The van der Waals surface area contributed by atoms with Crippen LogP contribution in [0, 0.1) is 0 Å². The number of hydrogen-bond acceptors (Lipinski definition) is 3. The number of likely N-dealkylation sites (tertiary alicyclic amines) is 1. The largest absolute Gasteiger partial charge is 0.439 e. The molecule has 2 atom stereocenters. The summed E-state index contributed by atoms with van der Waals surface area (Å²) in [5.41, 5.74) is 1.82. The van der Waals surface area contributed by atoms with E-state index in [2.05, 4.69) is 5.32 Å². The number of carbonyl (C=O) groups excluding carboxylic acids is 2. The van der Waals surface area contributed by atoms with Gasteiger partial charge in [0, 0.05) is 35.7 Å². The minimum atomic E-state index is -0.276. The molecule has 0 spiro atoms. The number of benzene rings is 2. The maximum absolute atomic E-state index is 12.6. The Kier molecular flexibility index (Phi) is 6.58. The Morgan fingerprint density at radius 3 is 2.52 bits per heavy atom. The number of halogens is 2. The van der Waals surface area contributed by atoms with Crippen LogP contribution in [-0.2, 0) is 11.3 Å². The van der Waals surface area contributed by atoms with Crippen molar-refractivity contribution in [3.05, 3.63) is 69.7 Å². The fourth-order valence-corrected chi connectivity index (χ4v) is 4.82. The molecule has 4 rings (SSSR count). The fourth-order valence-electron chi connectivity index (χ4n) is 4.35. The number of carbonyl (C=O) groups is 2. The number of nitrogens with one attached hydrogen (secondary N) is 1. The molecule has 3 amide bonds. The molecule has 0 aliphatic carbocycles. The van der Waals surface area contributed by atoms with Gasteiger partial charge in [0.2, 0.25) is 0 Å². The highest BCUT2D eigenvalue weighted by molar-refractivity contribution is 6.35. The van der Waals surface area contributed by atoms with Crippen molar-refractivity contribution in [1.29, 1.82) is 0 Å². The molecule has 6 nitrogen and oxygen atoms in total. The number of hydrogen-bond donors (Lipinski definition) is 1. The SMILES string of the molecule is C[C@@H]1[C@H](c2ccccc2)OC(=O)N1C1CCN(C(=O)NCc2ccc(Cl)cc2Cl)CC1. The lowest BCUT2D eigenvalue weighted by Crippen LogP contribution is -2.51. The topological polar surface area (TPSA) is 61.9 Å². The van der Waals surface area contributed by atoms with Crippen LogP contribution in [0.1, 0.15) is 37.0 Å². The van der Waals surface area contributed by atoms with E-state index in [1.54, 1.807) is 23.1 Å². The first kappa shape index (κ1) is 21.8. The monoisotopic (exact) mass is 461 g/mol. The van der Waals surface area contributed by atoms with Crippen LogP contribution >= 0.6 is 23.2 Å². The highest BCUT2D eigenvalue weighted by Crippen LogP contribution is 2.35. The summed E-state index contributed by atoms with van der Waals surface area (Å²) in [4.78, 5) is 28.8. The average Bonchev–Trinajstić information content (AvgIpc) is 3.07. The van der Waals surface area contributed by atoms with Gasteiger partial charge in [0.25, 0.3) is 0 Å². The van der Waals surface area contributed by atoms with E-state index in [4.69, 9.17) is 27.9 Å². The summed E-state index contributed by atoms with van der Waals surface area (Å²) >= 11 is 12.1. The van der Waals surface area contributed by atoms with Crippen LogP contribution in [-0.4, -0.2) is 47.1 Å². The second-order valence-corrected chi connectivity index (χ2v) is 8.82. The summed E-state index contributed by atoms with van der Waals surface area (Å²) in [6.07, 6.45) is 0.896. The molecular formula is C23H25Cl2N3O3. The van der Waals surface area contributed by atoms with Gasteiger partial charge >= 0.3 is 12.1 Å². The Bertz CT molecular complexity index is 948. The van der Waals surface area contributed by atoms with Gasteiger partial charge in [-0.2, -0.15) is 0 Å². The van der Waals surface area contributed by atoms with Gasteiger partial charge in [-0.05, 0) is 43.0 Å². The van der Waals surface area contributed by atoms with E-state index in [0.717, 1.165) is 24.0 Å². The molecule has 2 aliphatic heterocycles. The molecule has 2 aromatic rings. The van der Waals surface area contributed by atoms with E-state index in [0.29, 0.717) is 29.7 Å². The second kappa shape index (κ2) is 9.37. The molecule has 2 heterocycles. The molecule has 164 valence electrons.